The summed E-state index contributed by atoms with van der Waals surface area (Å²) in [5.74, 6) is -0.0201. The molecule has 0 radical (unpaired) electrons. The predicted octanol–water partition coefficient (Wildman–Crippen LogP) is 4.76. The van der Waals surface area contributed by atoms with Crippen molar-refractivity contribution in [2.24, 2.45) is 0 Å². The van der Waals surface area contributed by atoms with Crippen LogP contribution in [0.4, 0.5) is 0 Å². The first-order valence-electron chi connectivity index (χ1n) is 5.53. The molecule has 0 unspecified atom stereocenters. The molecule has 0 saturated heterocycles. The summed E-state index contributed by atoms with van der Waals surface area (Å²) in [4.78, 5) is 14.9. The van der Waals surface area contributed by atoms with Gasteiger partial charge in [0.15, 0.2) is 5.69 Å². The van der Waals surface area contributed by atoms with Crippen molar-refractivity contribution in [1.29, 1.82) is 0 Å². The molecule has 0 saturated carbocycles. The Kier molecular flexibility index (Phi) is 5.08. The number of hydrogen-bond donors (Lipinski definition) is 1. The molecule has 1 aromatic carbocycles. The number of carboxylic acids is 1. The number of carboxylic acid groups (broad SMARTS) is 1. The Labute approximate surface area is 142 Å². The summed E-state index contributed by atoms with van der Waals surface area (Å²) in [6, 6.07) is 6.30. The summed E-state index contributed by atoms with van der Waals surface area (Å²) in [6.07, 6.45) is 0. The number of ether oxygens (including phenoxy) is 2. The number of aromatic carboxylic acids is 1. The number of methoxy groups -OCH3 is 1. The minimum atomic E-state index is -1.22. The first kappa shape index (κ1) is 16.1. The molecule has 1 heterocycles. The van der Waals surface area contributed by atoms with Crippen LogP contribution in [0.3, 0.4) is 0 Å². The van der Waals surface area contributed by atoms with Gasteiger partial charge in [0.25, 0.3) is 0 Å². The minimum absolute atomic E-state index is 0.0461. The van der Waals surface area contributed by atoms with Gasteiger partial charge in [0, 0.05) is 6.07 Å². The Morgan fingerprint density at radius 1 is 1.24 bits per heavy atom. The molecule has 2 aromatic rings. The highest BCUT2D eigenvalue weighted by molar-refractivity contribution is 9.11. The van der Waals surface area contributed by atoms with Gasteiger partial charge in [-0.1, -0.05) is 11.6 Å². The van der Waals surface area contributed by atoms with E-state index in [0.29, 0.717) is 20.4 Å². The lowest BCUT2D eigenvalue weighted by Crippen LogP contribution is -2.02. The zero-order chi connectivity index (χ0) is 15.6. The number of hydrogen-bond acceptors (Lipinski definition) is 4. The van der Waals surface area contributed by atoms with Crippen molar-refractivity contribution >= 4 is 49.4 Å². The summed E-state index contributed by atoms with van der Waals surface area (Å²) in [6.45, 7) is 0. The van der Waals surface area contributed by atoms with Gasteiger partial charge in [0.05, 0.1) is 21.1 Å². The van der Waals surface area contributed by atoms with Gasteiger partial charge in [-0.05, 0) is 50.1 Å². The molecular formula is C13H8Br2ClNO4. The van der Waals surface area contributed by atoms with Gasteiger partial charge in [0.1, 0.15) is 11.5 Å². The highest BCUT2D eigenvalue weighted by Gasteiger charge is 2.14. The van der Waals surface area contributed by atoms with E-state index in [1.54, 1.807) is 19.2 Å². The quantitative estimate of drug-likeness (QED) is 0.747. The molecule has 1 N–H and O–H groups in total. The second-order valence-electron chi connectivity index (χ2n) is 3.80. The van der Waals surface area contributed by atoms with Crippen molar-refractivity contribution in [2.45, 2.75) is 0 Å². The van der Waals surface area contributed by atoms with E-state index < -0.39 is 5.97 Å². The van der Waals surface area contributed by atoms with E-state index in [-0.39, 0.29) is 16.6 Å². The molecule has 110 valence electrons. The molecule has 8 heteroatoms. The lowest BCUT2D eigenvalue weighted by molar-refractivity contribution is 0.0690. The van der Waals surface area contributed by atoms with Crippen LogP contribution in [-0.4, -0.2) is 23.2 Å². The van der Waals surface area contributed by atoms with Crippen molar-refractivity contribution in [3.8, 4) is 17.4 Å². The van der Waals surface area contributed by atoms with E-state index in [9.17, 15) is 4.79 Å². The topological polar surface area (TPSA) is 68.7 Å². The molecule has 0 bridgehead atoms. The molecule has 0 fully saturated rings. The van der Waals surface area contributed by atoms with E-state index in [2.05, 4.69) is 36.8 Å². The van der Waals surface area contributed by atoms with E-state index in [0.717, 1.165) is 0 Å². The van der Waals surface area contributed by atoms with Gasteiger partial charge >= 0.3 is 5.97 Å². The fourth-order valence-corrected chi connectivity index (χ4v) is 2.56. The number of pyridine rings is 1. The summed E-state index contributed by atoms with van der Waals surface area (Å²) in [5, 5.41) is 9.03. The van der Waals surface area contributed by atoms with Crippen LogP contribution in [-0.2, 0) is 0 Å². The number of aromatic nitrogens is 1. The van der Waals surface area contributed by atoms with Crippen LogP contribution in [0.5, 0.6) is 17.4 Å². The highest BCUT2D eigenvalue weighted by atomic mass is 79.9. The Bertz CT molecular complexity index is 709. The van der Waals surface area contributed by atoms with Crippen molar-refractivity contribution in [3.63, 3.8) is 0 Å². The molecule has 2 rings (SSSR count). The SMILES string of the molecule is COc1cc(Br)c(Oc2ccc(Cl)c(C(=O)O)n2)cc1Br. The Hall–Kier alpha value is -1.31. The van der Waals surface area contributed by atoms with Crippen LogP contribution in [0.1, 0.15) is 10.5 Å². The fraction of sp³-hybridized carbons (Fsp3) is 0.0769. The molecule has 0 aliphatic carbocycles. The van der Waals surface area contributed by atoms with Gasteiger partial charge in [-0.15, -0.1) is 0 Å². The van der Waals surface area contributed by atoms with Crippen LogP contribution in [0.15, 0.2) is 33.2 Å². The molecule has 21 heavy (non-hydrogen) atoms. The Morgan fingerprint density at radius 2 is 1.86 bits per heavy atom. The summed E-state index contributed by atoms with van der Waals surface area (Å²) >= 11 is 12.4. The Morgan fingerprint density at radius 3 is 2.48 bits per heavy atom. The number of rotatable bonds is 4. The second-order valence-corrected chi connectivity index (χ2v) is 5.92. The third-order valence-corrected chi connectivity index (χ3v) is 3.99. The van der Waals surface area contributed by atoms with Gasteiger partial charge in [-0.2, -0.15) is 0 Å². The number of benzene rings is 1. The molecule has 0 spiro atoms. The van der Waals surface area contributed by atoms with Crippen molar-refractivity contribution < 1.29 is 19.4 Å². The van der Waals surface area contributed by atoms with Crippen LogP contribution in [0, 0.1) is 0 Å². The fourth-order valence-electron chi connectivity index (χ4n) is 1.49. The number of halogens is 3. The Balaban J connectivity index is 2.36. The first-order chi connectivity index (χ1) is 9.92. The largest absolute Gasteiger partial charge is 0.496 e. The van der Waals surface area contributed by atoms with Gasteiger partial charge < -0.3 is 14.6 Å². The van der Waals surface area contributed by atoms with E-state index in [4.69, 9.17) is 26.2 Å². The maximum atomic E-state index is 11.0. The van der Waals surface area contributed by atoms with E-state index in [1.165, 1.54) is 12.1 Å². The summed E-state index contributed by atoms with van der Waals surface area (Å²) in [7, 11) is 1.55. The van der Waals surface area contributed by atoms with Gasteiger partial charge in [-0.25, -0.2) is 9.78 Å². The van der Waals surface area contributed by atoms with Gasteiger partial charge in [-0.3, -0.25) is 0 Å². The third kappa shape index (κ3) is 3.66. The molecule has 0 atom stereocenters. The molecular weight excluding hydrogens is 429 g/mol. The average Bonchev–Trinajstić information content (AvgIpc) is 2.44. The molecule has 0 aliphatic heterocycles. The average molecular weight is 437 g/mol. The maximum absolute atomic E-state index is 11.0. The van der Waals surface area contributed by atoms with E-state index in [1.807, 2.05) is 0 Å². The first-order valence-corrected chi connectivity index (χ1v) is 7.49. The minimum Gasteiger partial charge on any atom is -0.496 e. The zero-order valence-corrected chi connectivity index (χ0v) is 14.5. The predicted molar refractivity (Wildman–Crippen MR) is 84.7 cm³/mol. The van der Waals surface area contributed by atoms with Crippen molar-refractivity contribution in [2.75, 3.05) is 7.11 Å². The van der Waals surface area contributed by atoms with Crippen LogP contribution < -0.4 is 9.47 Å². The molecule has 1 aromatic heterocycles. The normalized spacial score (nSPS) is 10.3. The molecule has 0 amide bonds. The zero-order valence-electron chi connectivity index (χ0n) is 10.6. The van der Waals surface area contributed by atoms with Gasteiger partial charge in [0.2, 0.25) is 5.88 Å². The van der Waals surface area contributed by atoms with Crippen LogP contribution >= 0.6 is 43.5 Å². The monoisotopic (exact) mass is 435 g/mol. The third-order valence-electron chi connectivity index (χ3n) is 2.44. The van der Waals surface area contributed by atoms with Crippen LogP contribution in [0.25, 0.3) is 0 Å². The summed E-state index contributed by atoms with van der Waals surface area (Å²) in [5.41, 5.74) is -0.266. The van der Waals surface area contributed by atoms with E-state index >= 15 is 0 Å². The highest BCUT2D eigenvalue weighted by Crippen LogP contribution is 2.38. The number of nitrogens with zero attached hydrogens (tertiary/aromatic N) is 1. The van der Waals surface area contributed by atoms with Crippen molar-refractivity contribution in [1.82, 2.24) is 4.98 Å². The lowest BCUT2D eigenvalue weighted by atomic mass is 10.3. The number of carbonyl (C=O) groups is 1. The maximum Gasteiger partial charge on any atom is 0.356 e. The van der Waals surface area contributed by atoms with Crippen molar-refractivity contribution in [3.05, 3.63) is 43.9 Å². The lowest BCUT2D eigenvalue weighted by Gasteiger charge is -2.11. The van der Waals surface area contributed by atoms with Crippen LogP contribution in [0.2, 0.25) is 5.02 Å². The standard InChI is InChI=1S/C13H8Br2ClNO4/c1-20-9-4-7(15)10(5-6(9)14)21-11-3-2-8(16)12(17-11)13(18)19/h2-5H,1H3,(H,18,19). The smallest absolute Gasteiger partial charge is 0.356 e. The summed E-state index contributed by atoms with van der Waals surface area (Å²) < 4.78 is 12.0. The molecule has 5 nitrogen and oxygen atoms in total. The molecule has 0 aliphatic rings. The second kappa shape index (κ2) is 6.64.